The average molecular weight is 305 g/mol. The molecule has 122 valence electrons. The van der Waals surface area contributed by atoms with E-state index in [-0.39, 0.29) is 12.0 Å². The number of nitrogens with zero attached hydrogens (tertiary/aromatic N) is 3. The number of amides is 1. The van der Waals surface area contributed by atoms with Gasteiger partial charge < -0.3 is 9.64 Å². The van der Waals surface area contributed by atoms with Gasteiger partial charge in [0.2, 0.25) is 5.91 Å². The van der Waals surface area contributed by atoms with E-state index in [0.717, 1.165) is 51.9 Å². The summed E-state index contributed by atoms with van der Waals surface area (Å²) >= 11 is 0. The van der Waals surface area contributed by atoms with E-state index in [2.05, 4.69) is 23.1 Å². The summed E-state index contributed by atoms with van der Waals surface area (Å²) in [7, 11) is 0. The highest BCUT2D eigenvalue weighted by Crippen LogP contribution is 2.30. The van der Waals surface area contributed by atoms with Crippen LogP contribution in [0.2, 0.25) is 0 Å². The van der Waals surface area contributed by atoms with E-state index in [1.165, 1.54) is 5.56 Å². The van der Waals surface area contributed by atoms with E-state index < -0.39 is 0 Å². The van der Waals surface area contributed by atoms with Gasteiger partial charge in [-0.2, -0.15) is 5.10 Å². The monoisotopic (exact) mass is 305 g/mol. The topological polar surface area (TPSA) is 47.4 Å². The molecule has 3 heterocycles. The smallest absolute Gasteiger partial charge is 0.228 e. The molecule has 5 nitrogen and oxygen atoms in total. The Morgan fingerprint density at radius 1 is 1.36 bits per heavy atom. The number of likely N-dealkylation sites (tertiary alicyclic amines) is 1. The highest BCUT2D eigenvalue weighted by molar-refractivity contribution is 5.79. The Morgan fingerprint density at radius 3 is 2.77 bits per heavy atom. The number of aromatic nitrogens is 2. The quantitative estimate of drug-likeness (QED) is 0.861. The van der Waals surface area contributed by atoms with Gasteiger partial charge in [-0.1, -0.05) is 0 Å². The maximum atomic E-state index is 12.7. The van der Waals surface area contributed by atoms with Gasteiger partial charge in [0.15, 0.2) is 0 Å². The zero-order chi connectivity index (χ0) is 15.5. The molecule has 1 aromatic heterocycles. The van der Waals surface area contributed by atoms with Gasteiger partial charge in [0.25, 0.3) is 0 Å². The second kappa shape index (κ2) is 6.82. The third kappa shape index (κ3) is 3.19. The molecule has 5 heteroatoms. The van der Waals surface area contributed by atoms with Gasteiger partial charge in [0.05, 0.1) is 18.2 Å². The van der Waals surface area contributed by atoms with Crippen molar-refractivity contribution in [2.24, 2.45) is 5.92 Å². The zero-order valence-electron chi connectivity index (χ0n) is 13.7. The predicted octanol–water partition coefficient (Wildman–Crippen LogP) is 2.42. The average Bonchev–Trinajstić information content (AvgIpc) is 3.04. The molecule has 2 unspecified atom stereocenters. The number of carbonyl (C=O) groups is 1. The van der Waals surface area contributed by atoms with Gasteiger partial charge in [-0.05, 0) is 51.0 Å². The largest absolute Gasteiger partial charge is 0.378 e. The Labute approximate surface area is 132 Å². The lowest BCUT2D eigenvalue weighted by molar-refractivity contribution is -0.145. The molecule has 0 N–H and O–H groups in total. The van der Waals surface area contributed by atoms with E-state index in [1.54, 1.807) is 0 Å². The van der Waals surface area contributed by atoms with Crippen LogP contribution in [0.15, 0.2) is 12.4 Å². The van der Waals surface area contributed by atoms with Crippen LogP contribution in [0.5, 0.6) is 0 Å². The van der Waals surface area contributed by atoms with E-state index >= 15 is 0 Å². The summed E-state index contributed by atoms with van der Waals surface area (Å²) < 4.78 is 7.63. The number of piperidine rings is 1. The van der Waals surface area contributed by atoms with Crippen LogP contribution in [0.1, 0.15) is 51.0 Å². The van der Waals surface area contributed by atoms with Crippen LogP contribution in [-0.2, 0) is 16.1 Å². The Morgan fingerprint density at radius 2 is 2.14 bits per heavy atom. The molecular weight excluding hydrogens is 278 g/mol. The van der Waals surface area contributed by atoms with E-state index in [4.69, 9.17) is 4.74 Å². The number of hydrogen-bond acceptors (Lipinski definition) is 3. The summed E-state index contributed by atoms with van der Waals surface area (Å²) in [6.45, 7) is 7.58. The second-order valence-corrected chi connectivity index (χ2v) is 6.55. The van der Waals surface area contributed by atoms with Crippen molar-refractivity contribution in [2.75, 3.05) is 19.7 Å². The van der Waals surface area contributed by atoms with Gasteiger partial charge in [-0.3, -0.25) is 9.48 Å². The maximum Gasteiger partial charge on any atom is 0.228 e. The highest BCUT2D eigenvalue weighted by atomic mass is 16.5. The molecule has 0 aliphatic carbocycles. The second-order valence-electron chi connectivity index (χ2n) is 6.55. The fourth-order valence-electron chi connectivity index (χ4n) is 3.68. The van der Waals surface area contributed by atoms with Gasteiger partial charge in [-0.25, -0.2) is 0 Å². The van der Waals surface area contributed by atoms with E-state index in [9.17, 15) is 4.79 Å². The first-order valence-electron chi connectivity index (χ1n) is 8.61. The van der Waals surface area contributed by atoms with Crippen molar-refractivity contribution in [1.82, 2.24) is 14.7 Å². The summed E-state index contributed by atoms with van der Waals surface area (Å²) in [5, 5.41) is 4.37. The van der Waals surface area contributed by atoms with Gasteiger partial charge in [0, 0.05) is 32.4 Å². The van der Waals surface area contributed by atoms with Crippen LogP contribution < -0.4 is 0 Å². The molecular formula is C17H27N3O2. The van der Waals surface area contributed by atoms with Crippen LogP contribution in [0.4, 0.5) is 0 Å². The molecule has 2 aliphatic rings. The molecule has 0 aromatic carbocycles. The minimum atomic E-state index is 0.0631. The molecule has 2 fully saturated rings. The van der Waals surface area contributed by atoms with Gasteiger partial charge >= 0.3 is 0 Å². The summed E-state index contributed by atoms with van der Waals surface area (Å²) in [6.07, 6.45) is 8.28. The van der Waals surface area contributed by atoms with Crippen molar-refractivity contribution in [3.8, 4) is 0 Å². The zero-order valence-corrected chi connectivity index (χ0v) is 13.7. The first-order valence-corrected chi connectivity index (χ1v) is 8.61. The number of rotatable bonds is 3. The lowest BCUT2D eigenvalue weighted by atomic mass is 9.89. The SMILES string of the molecule is CCn1cc(C2CCN(C(=O)C3CCCOC3C)CC2)cn1. The van der Waals surface area contributed by atoms with Crippen LogP contribution in [0.25, 0.3) is 0 Å². The Balaban J connectivity index is 1.55. The Hall–Kier alpha value is -1.36. The predicted molar refractivity (Wildman–Crippen MR) is 84.6 cm³/mol. The van der Waals surface area contributed by atoms with Gasteiger partial charge in [0.1, 0.15) is 0 Å². The minimum absolute atomic E-state index is 0.0631. The molecule has 0 saturated carbocycles. The van der Waals surface area contributed by atoms with Crippen molar-refractivity contribution in [3.63, 3.8) is 0 Å². The fraction of sp³-hybridized carbons (Fsp3) is 0.765. The minimum Gasteiger partial charge on any atom is -0.378 e. The van der Waals surface area contributed by atoms with Crippen molar-refractivity contribution >= 4 is 5.91 Å². The van der Waals surface area contributed by atoms with Crippen LogP contribution in [0, 0.1) is 5.92 Å². The Bertz CT molecular complexity index is 506. The molecule has 22 heavy (non-hydrogen) atoms. The van der Waals surface area contributed by atoms with Crippen molar-refractivity contribution < 1.29 is 9.53 Å². The number of hydrogen-bond donors (Lipinski definition) is 0. The first kappa shape index (κ1) is 15.5. The van der Waals surface area contributed by atoms with Crippen LogP contribution in [0.3, 0.4) is 0 Å². The standard InChI is InChI=1S/C17H27N3O2/c1-3-20-12-15(11-18-20)14-6-8-19(9-7-14)17(21)16-5-4-10-22-13(16)2/h11-14,16H,3-10H2,1-2H3. The normalized spacial score (nSPS) is 27.1. The molecule has 1 amide bonds. The summed E-state index contributed by atoms with van der Waals surface area (Å²) in [5.74, 6) is 0.910. The molecule has 0 radical (unpaired) electrons. The Kier molecular flexibility index (Phi) is 4.81. The lowest BCUT2D eigenvalue weighted by Crippen LogP contribution is -2.45. The molecule has 2 saturated heterocycles. The molecule has 2 atom stereocenters. The number of aryl methyl sites for hydroxylation is 1. The molecule has 1 aromatic rings. The molecule has 2 aliphatic heterocycles. The van der Waals surface area contributed by atoms with Gasteiger partial charge in [-0.15, -0.1) is 0 Å². The van der Waals surface area contributed by atoms with E-state index in [1.807, 2.05) is 17.8 Å². The van der Waals surface area contributed by atoms with Crippen LogP contribution in [-0.4, -0.2) is 46.4 Å². The highest BCUT2D eigenvalue weighted by Gasteiger charge is 2.34. The maximum absolute atomic E-state index is 12.7. The molecule has 0 bridgehead atoms. The summed E-state index contributed by atoms with van der Waals surface area (Å²) in [5.41, 5.74) is 1.32. The number of ether oxygens (including phenoxy) is 1. The van der Waals surface area contributed by atoms with Crippen LogP contribution >= 0.6 is 0 Å². The first-order chi connectivity index (χ1) is 10.7. The lowest BCUT2D eigenvalue weighted by Gasteiger charge is -2.37. The number of carbonyl (C=O) groups excluding carboxylic acids is 1. The van der Waals surface area contributed by atoms with E-state index in [0.29, 0.717) is 11.8 Å². The summed E-state index contributed by atoms with van der Waals surface area (Å²) in [6, 6.07) is 0. The molecule has 0 spiro atoms. The van der Waals surface area contributed by atoms with Crippen molar-refractivity contribution in [3.05, 3.63) is 18.0 Å². The third-order valence-electron chi connectivity index (χ3n) is 5.18. The third-order valence-corrected chi connectivity index (χ3v) is 5.18. The summed E-state index contributed by atoms with van der Waals surface area (Å²) in [4.78, 5) is 14.7. The van der Waals surface area contributed by atoms with Crippen molar-refractivity contribution in [2.45, 2.75) is 58.1 Å². The molecule has 3 rings (SSSR count). The fourth-order valence-corrected chi connectivity index (χ4v) is 3.68. The van der Waals surface area contributed by atoms with Crippen molar-refractivity contribution in [1.29, 1.82) is 0 Å².